The minimum Gasteiger partial charge on any atom is -0.340 e. The summed E-state index contributed by atoms with van der Waals surface area (Å²) in [5.74, 6) is -0.511. The standard InChI is InChI=1S/C17H18FN3O2/c1-2-4-15(22)17(23)21-8-7-13-14(10-21)20-16(19-13)11-5-3-6-12(18)9-11/h3,5-6,9H,2,4,7-8,10H2,1H3,(H,19,20). The second kappa shape index (κ2) is 6.32. The molecule has 6 heteroatoms. The molecule has 1 amide bonds. The molecule has 0 unspecified atom stereocenters. The molecule has 5 nitrogen and oxygen atoms in total. The van der Waals surface area contributed by atoms with Gasteiger partial charge >= 0.3 is 0 Å². The molecule has 0 atom stereocenters. The normalized spacial score (nSPS) is 13.7. The predicted molar refractivity (Wildman–Crippen MR) is 83.0 cm³/mol. The fraction of sp³-hybridized carbons (Fsp3) is 0.353. The maximum atomic E-state index is 13.3. The van der Waals surface area contributed by atoms with Crippen LogP contribution < -0.4 is 0 Å². The molecule has 0 radical (unpaired) electrons. The van der Waals surface area contributed by atoms with Crippen molar-refractivity contribution in [2.45, 2.75) is 32.7 Å². The number of rotatable bonds is 4. The molecular weight excluding hydrogens is 297 g/mol. The van der Waals surface area contributed by atoms with Crippen LogP contribution in [0.4, 0.5) is 4.39 Å². The minimum absolute atomic E-state index is 0.277. The van der Waals surface area contributed by atoms with Crippen molar-refractivity contribution in [2.24, 2.45) is 0 Å². The van der Waals surface area contributed by atoms with E-state index in [1.165, 1.54) is 12.1 Å². The number of carbonyl (C=O) groups excluding carboxylic acids is 2. The van der Waals surface area contributed by atoms with Crippen LogP contribution in [0.25, 0.3) is 11.4 Å². The summed E-state index contributed by atoms with van der Waals surface area (Å²) < 4.78 is 13.3. The lowest BCUT2D eigenvalue weighted by Gasteiger charge is -2.25. The largest absolute Gasteiger partial charge is 0.340 e. The Morgan fingerprint density at radius 3 is 2.96 bits per heavy atom. The maximum absolute atomic E-state index is 13.3. The van der Waals surface area contributed by atoms with Crippen LogP contribution in [0.15, 0.2) is 24.3 Å². The molecule has 0 saturated carbocycles. The van der Waals surface area contributed by atoms with E-state index >= 15 is 0 Å². The van der Waals surface area contributed by atoms with Crippen LogP contribution in [0.1, 0.15) is 31.2 Å². The van der Waals surface area contributed by atoms with Crippen molar-refractivity contribution < 1.29 is 14.0 Å². The number of fused-ring (bicyclic) bond motifs is 1. The summed E-state index contributed by atoms with van der Waals surface area (Å²) in [6.07, 6.45) is 1.53. The van der Waals surface area contributed by atoms with Crippen molar-refractivity contribution in [3.05, 3.63) is 41.5 Å². The number of benzene rings is 1. The second-order valence-electron chi connectivity index (χ2n) is 5.67. The van der Waals surface area contributed by atoms with Crippen LogP contribution in [0.2, 0.25) is 0 Å². The predicted octanol–water partition coefficient (Wildman–Crippen LogP) is 2.47. The average molecular weight is 315 g/mol. The highest BCUT2D eigenvalue weighted by Gasteiger charge is 2.27. The lowest BCUT2D eigenvalue weighted by atomic mass is 10.1. The van der Waals surface area contributed by atoms with Crippen molar-refractivity contribution >= 4 is 11.7 Å². The zero-order chi connectivity index (χ0) is 16.4. The average Bonchev–Trinajstić information content (AvgIpc) is 2.97. The number of nitrogens with one attached hydrogen (secondary N) is 1. The summed E-state index contributed by atoms with van der Waals surface area (Å²) in [6.45, 7) is 2.69. The summed E-state index contributed by atoms with van der Waals surface area (Å²) in [5.41, 5.74) is 2.35. The molecule has 1 aromatic carbocycles. The van der Waals surface area contributed by atoms with E-state index in [0.29, 0.717) is 37.3 Å². The highest BCUT2D eigenvalue weighted by Crippen LogP contribution is 2.23. The monoisotopic (exact) mass is 315 g/mol. The fourth-order valence-corrected chi connectivity index (χ4v) is 2.75. The van der Waals surface area contributed by atoms with Gasteiger partial charge in [0.15, 0.2) is 0 Å². The maximum Gasteiger partial charge on any atom is 0.290 e. The van der Waals surface area contributed by atoms with E-state index in [-0.39, 0.29) is 18.0 Å². The van der Waals surface area contributed by atoms with Gasteiger partial charge in [-0.2, -0.15) is 0 Å². The van der Waals surface area contributed by atoms with Gasteiger partial charge in [0, 0.05) is 24.9 Å². The van der Waals surface area contributed by atoms with E-state index in [1.807, 2.05) is 6.92 Å². The van der Waals surface area contributed by atoms with Crippen LogP contribution in [-0.2, 0) is 22.6 Å². The number of hydrogen-bond acceptors (Lipinski definition) is 3. The van der Waals surface area contributed by atoms with Gasteiger partial charge in [0.1, 0.15) is 11.6 Å². The molecule has 0 spiro atoms. The molecule has 0 aliphatic carbocycles. The number of carbonyl (C=O) groups is 2. The molecule has 2 heterocycles. The van der Waals surface area contributed by atoms with Crippen LogP contribution in [0.5, 0.6) is 0 Å². The van der Waals surface area contributed by atoms with Crippen molar-refractivity contribution in [1.29, 1.82) is 0 Å². The molecular formula is C17H18FN3O2. The first kappa shape index (κ1) is 15.4. The van der Waals surface area contributed by atoms with Gasteiger partial charge in [0.2, 0.25) is 5.78 Å². The minimum atomic E-state index is -0.431. The quantitative estimate of drug-likeness (QED) is 0.882. The van der Waals surface area contributed by atoms with Gasteiger partial charge in [-0.05, 0) is 18.6 Å². The smallest absolute Gasteiger partial charge is 0.290 e. The van der Waals surface area contributed by atoms with E-state index in [2.05, 4.69) is 9.97 Å². The number of nitrogens with zero attached hydrogens (tertiary/aromatic N) is 2. The van der Waals surface area contributed by atoms with Crippen LogP contribution in [0, 0.1) is 5.82 Å². The first-order valence-corrected chi connectivity index (χ1v) is 7.74. The van der Waals surface area contributed by atoms with Gasteiger partial charge < -0.3 is 9.88 Å². The molecule has 1 aliphatic rings. The van der Waals surface area contributed by atoms with Crippen molar-refractivity contribution in [3.8, 4) is 11.4 Å². The first-order chi connectivity index (χ1) is 11.1. The zero-order valence-corrected chi connectivity index (χ0v) is 12.9. The van der Waals surface area contributed by atoms with Crippen LogP contribution in [-0.4, -0.2) is 33.1 Å². The molecule has 0 saturated heterocycles. The molecule has 120 valence electrons. The van der Waals surface area contributed by atoms with Gasteiger partial charge in [0.05, 0.1) is 17.9 Å². The first-order valence-electron chi connectivity index (χ1n) is 7.74. The summed E-state index contributed by atoms with van der Waals surface area (Å²) in [5, 5.41) is 0. The molecule has 1 aromatic heterocycles. The van der Waals surface area contributed by atoms with Crippen molar-refractivity contribution in [3.63, 3.8) is 0 Å². The lowest BCUT2D eigenvalue weighted by Crippen LogP contribution is -2.40. The molecule has 2 aromatic rings. The van der Waals surface area contributed by atoms with Crippen molar-refractivity contribution in [2.75, 3.05) is 6.54 Å². The van der Waals surface area contributed by atoms with E-state index in [4.69, 9.17) is 0 Å². The van der Waals surface area contributed by atoms with Gasteiger partial charge in [-0.25, -0.2) is 9.37 Å². The second-order valence-corrected chi connectivity index (χ2v) is 5.67. The Bertz CT molecular complexity index is 754. The Balaban J connectivity index is 1.80. The number of aromatic nitrogens is 2. The topological polar surface area (TPSA) is 66.1 Å². The third kappa shape index (κ3) is 3.16. The number of halogens is 1. The van der Waals surface area contributed by atoms with Gasteiger partial charge in [-0.15, -0.1) is 0 Å². The molecule has 23 heavy (non-hydrogen) atoms. The van der Waals surface area contributed by atoms with Gasteiger partial charge in [-0.3, -0.25) is 9.59 Å². The Morgan fingerprint density at radius 1 is 1.39 bits per heavy atom. The molecule has 0 bridgehead atoms. The highest BCUT2D eigenvalue weighted by atomic mass is 19.1. The Hall–Kier alpha value is -2.50. The highest BCUT2D eigenvalue weighted by molar-refractivity contribution is 6.36. The number of aromatic amines is 1. The van der Waals surface area contributed by atoms with Gasteiger partial charge in [0.25, 0.3) is 5.91 Å². The number of Topliss-reactive ketones (excluding diaryl/α,β-unsaturated/α-hetero) is 1. The molecule has 0 fully saturated rings. The Labute approximate surface area is 133 Å². The summed E-state index contributed by atoms with van der Waals surface area (Å²) in [4.78, 5) is 33.1. The SMILES string of the molecule is CCCC(=O)C(=O)N1CCc2nc(-c3cccc(F)c3)[nH]c2C1. The van der Waals surface area contributed by atoms with Gasteiger partial charge in [-0.1, -0.05) is 19.1 Å². The number of H-pyrrole nitrogens is 1. The Morgan fingerprint density at radius 2 is 2.22 bits per heavy atom. The van der Waals surface area contributed by atoms with Crippen LogP contribution >= 0.6 is 0 Å². The molecule has 1 aliphatic heterocycles. The molecule has 1 N–H and O–H groups in total. The third-order valence-electron chi connectivity index (χ3n) is 3.93. The van der Waals surface area contributed by atoms with Crippen LogP contribution in [0.3, 0.4) is 0 Å². The summed E-state index contributed by atoms with van der Waals surface area (Å²) in [6, 6.07) is 6.20. The molecule has 3 rings (SSSR count). The van der Waals surface area contributed by atoms with E-state index in [1.54, 1.807) is 17.0 Å². The van der Waals surface area contributed by atoms with E-state index in [9.17, 15) is 14.0 Å². The summed E-state index contributed by atoms with van der Waals surface area (Å²) >= 11 is 0. The fourth-order valence-electron chi connectivity index (χ4n) is 2.75. The van der Waals surface area contributed by atoms with Crippen molar-refractivity contribution in [1.82, 2.24) is 14.9 Å². The number of amides is 1. The zero-order valence-electron chi connectivity index (χ0n) is 12.9. The Kier molecular flexibility index (Phi) is 4.23. The lowest BCUT2D eigenvalue weighted by molar-refractivity contribution is -0.145. The number of imidazole rings is 1. The van der Waals surface area contributed by atoms with E-state index < -0.39 is 5.91 Å². The van der Waals surface area contributed by atoms with E-state index in [0.717, 1.165) is 11.4 Å². The number of ketones is 1. The summed E-state index contributed by atoms with van der Waals surface area (Å²) in [7, 11) is 0. The number of hydrogen-bond donors (Lipinski definition) is 1. The third-order valence-corrected chi connectivity index (χ3v) is 3.93.